The Bertz CT molecular complexity index is 357. The van der Waals surface area contributed by atoms with Gasteiger partial charge < -0.3 is 0 Å². The molecule has 3 nitrogen and oxygen atoms in total. The number of rotatable bonds is 1. The van der Waals surface area contributed by atoms with Crippen LogP contribution in [-0.2, 0) is 0 Å². The van der Waals surface area contributed by atoms with Gasteiger partial charge in [-0.05, 0) is 18.5 Å². The Morgan fingerprint density at radius 3 is 2.67 bits per heavy atom. The second-order valence-electron chi connectivity index (χ2n) is 2.10. The van der Waals surface area contributed by atoms with Crippen LogP contribution in [0.1, 0.15) is 5.01 Å². The molecular weight excluding hydrogens is 214 g/mol. The molecule has 0 saturated heterocycles. The summed E-state index contributed by atoms with van der Waals surface area (Å²) in [5.74, 6) is 0. The monoisotopic (exact) mass is 217 g/mol. The molecule has 2 rings (SSSR count). The molecule has 0 bridgehead atoms. The van der Waals surface area contributed by atoms with Crippen molar-refractivity contribution in [3.63, 3.8) is 0 Å². The third-order valence-corrected chi connectivity index (χ3v) is 3.33. The molecule has 0 aliphatic rings. The molecule has 0 atom stereocenters. The maximum Gasteiger partial charge on any atom is 0.207 e. The van der Waals surface area contributed by atoms with E-state index in [2.05, 4.69) is 15.2 Å². The van der Waals surface area contributed by atoms with Crippen LogP contribution in [-0.4, -0.2) is 15.2 Å². The maximum atomic E-state index is 5.65. The topological polar surface area (TPSA) is 38.7 Å². The molecule has 0 aliphatic heterocycles. The Kier molecular flexibility index (Phi) is 2.08. The Labute approximate surface area is 82.1 Å². The van der Waals surface area contributed by atoms with Crippen molar-refractivity contribution in [2.45, 2.75) is 6.92 Å². The van der Waals surface area contributed by atoms with Gasteiger partial charge in [0.05, 0.1) is 9.88 Å². The lowest BCUT2D eigenvalue weighted by molar-refractivity contribution is 1.10. The number of thiazole rings is 1. The maximum absolute atomic E-state index is 5.65. The zero-order chi connectivity index (χ0) is 8.55. The summed E-state index contributed by atoms with van der Waals surface area (Å²) in [6.07, 6.45) is 1.79. The molecule has 62 valence electrons. The van der Waals surface area contributed by atoms with Crippen molar-refractivity contribution in [2.24, 2.45) is 0 Å². The molecule has 2 aromatic heterocycles. The van der Waals surface area contributed by atoms with Crippen molar-refractivity contribution in [1.82, 2.24) is 15.2 Å². The fourth-order valence-corrected chi connectivity index (χ4v) is 2.41. The quantitative estimate of drug-likeness (QED) is 0.737. The largest absolute Gasteiger partial charge is 0.249 e. The summed E-state index contributed by atoms with van der Waals surface area (Å²) >= 11 is 8.61. The van der Waals surface area contributed by atoms with Gasteiger partial charge in [-0.15, -0.1) is 21.5 Å². The van der Waals surface area contributed by atoms with E-state index in [0.717, 1.165) is 14.9 Å². The molecule has 0 amide bonds. The Balaban J connectivity index is 2.43. The standard InChI is InChI=1S/C6H4ClN3S2/c1-3-8-2-4(11-3)5-9-10-6(7)12-5/h2H,1H3. The SMILES string of the molecule is Cc1ncc(-c2nnc(Cl)s2)s1. The average Bonchev–Trinajstić information content (AvgIpc) is 2.58. The molecule has 12 heavy (non-hydrogen) atoms. The van der Waals surface area contributed by atoms with Crippen LogP contribution in [0.5, 0.6) is 0 Å². The first kappa shape index (κ1) is 8.10. The first-order chi connectivity index (χ1) is 5.75. The normalized spacial score (nSPS) is 10.5. The van der Waals surface area contributed by atoms with E-state index >= 15 is 0 Å². The van der Waals surface area contributed by atoms with Gasteiger partial charge in [0.25, 0.3) is 0 Å². The summed E-state index contributed by atoms with van der Waals surface area (Å²) in [4.78, 5) is 5.14. The highest BCUT2D eigenvalue weighted by Crippen LogP contribution is 2.29. The zero-order valence-corrected chi connectivity index (χ0v) is 8.50. The minimum Gasteiger partial charge on any atom is -0.249 e. The minimum atomic E-state index is 0.469. The van der Waals surface area contributed by atoms with Gasteiger partial charge in [0.2, 0.25) is 4.47 Å². The summed E-state index contributed by atoms with van der Waals surface area (Å²) in [7, 11) is 0. The Morgan fingerprint density at radius 1 is 1.33 bits per heavy atom. The summed E-state index contributed by atoms with van der Waals surface area (Å²) in [6, 6.07) is 0. The van der Waals surface area contributed by atoms with Crippen molar-refractivity contribution < 1.29 is 0 Å². The molecule has 0 spiro atoms. The highest BCUT2D eigenvalue weighted by molar-refractivity contribution is 7.23. The summed E-state index contributed by atoms with van der Waals surface area (Å²) in [6.45, 7) is 1.96. The number of hydrogen-bond acceptors (Lipinski definition) is 5. The molecule has 0 aliphatic carbocycles. The second kappa shape index (κ2) is 3.08. The summed E-state index contributed by atoms with van der Waals surface area (Å²) in [5, 5.41) is 9.48. The van der Waals surface area contributed by atoms with Crippen LogP contribution >= 0.6 is 34.3 Å². The van der Waals surface area contributed by atoms with Crippen molar-refractivity contribution >= 4 is 34.3 Å². The smallest absolute Gasteiger partial charge is 0.207 e. The molecule has 0 fully saturated rings. The summed E-state index contributed by atoms with van der Waals surface area (Å²) in [5.41, 5.74) is 0. The molecule has 0 saturated carbocycles. The van der Waals surface area contributed by atoms with Crippen LogP contribution < -0.4 is 0 Å². The van der Waals surface area contributed by atoms with Crippen LogP contribution in [0.25, 0.3) is 9.88 Å². The van der Waals surface area contributed by atoms with Gasteiger partial charge in [0.1, 0.15) is 0 Å². The molecule has 0 radical (unpaired) electrons. The van der Waals surface area contributed by atoms with Crippen molar-refractivity contribution in [3.8, 4) is 9.88 Å². The number of aromatic nitrogens is 3. The number of nitrogens with zero attached hydrogens (tertiary/aromatic N) is 3. The first-order valence-electron chi connectivity index (χ1n) is 3.17. The van der Waals surface area contributed by atoms with Crippen LogP contribution in [0, 0.1) is 6.92 Å². The van der Waals surface area contributed by atoms with Gasteiger partial charge in [0.15, 0.2) is 5.01 Å². The molecular formula is C6H4ClN3S2. The molecule has 0 N–H and O–H groups in total. The highest BCUT2D eigenvalue weighted by Gasteiger charge is 2.07. The van der Waals surface area contributed by atoms with Crippen LogP contribution in [0.2, 0.25) is 4.47 Å². The lowest BCUT2D eigenvalue weighted by Gasteiger charge is -1.81. The fraction of sp³-hybridized carbons (Fsp3) is 0.167. The third-order valence-electron chi connectivity index (χ3n) is 1.23. The molecule has 2 heterocycles. The van der Waals surface area contributed by atoms with Crippen molar-refractivity contribution in [3.05, 3.63) is 15.7 Å². The van der Waals surface area contributed by atoms with Crippen molar-refractivity contribution in [1.29, 1.82) is 0 Å². The predicted octanol–water partition coefficient (Wildman–Crippen LogP) is 2.62. The van der Waals surface area contributed by atoms with Gasteiger partial charge in [-0.2, -0.15) is 0 Å². The van der Waals surface area contributed by atoms with E-state index in [1.54, 1.807) is 17.5 Å². The predicted molar refractivity (Wildman–Crippen MR) is 50.8 cm³/mol. The third kappa shape index (κ3) is 1.48. The second-order valence-corrected chi connectivity index (χ2v) is 4.90. The van der Waals surface area contributed by atoms with Gasteiger partial charge in [0, 0.05) is 6.20 Å². The van der Waals surface area contributed by atoms with Crippen LogP contribution in [0.3, 0.4) is 0 Å². The van der Waals surface area contributed by atoms with Gasteiger partial charge in [-0.25, -0.2) is 4.98 Å². The Hall–Kier alpha value is -0.520. The van der Waals surface area contributed by atoms with E-state index in [4.69, 9.17) is 11.6 Å². The first-order valence-corrected chi connectivity index (χ1v) is 5.18. The average molecular weight is 218 g/mol. The van der Waals surface area contributed by atoms with E-state index in [9.17, 15) is 0 Å². The van der Waals surface area contributed by atoms with E-state index in [1.165, 1.54) is 11.3 Å². The van der Waals surface area contributed by atoms with Gasteiger partial charge >= 0.3 is 0 Å². The van der Waals surface area contributed by atoms with Crippen LogP contribution in [0.15, 0.2) is 6.20 Å². The number of halogens is 1. The van der Waals surface area contributed by atoms with Gasteiger partial charge in [-0.1, -0.05) is 11.3 Å². The molecule has 0 unspecified atom stereocenters. The molecule has 6 heteroatoms. The summed E-state index contributed by atoms with van der Waals surface area (Å²) < 4.78 is 0.469. The van der Waals surface area contributed by atoms with E-state index in [-0.39, 0.29) is 0 Å². The van der Waals surface area contributed by atoms with Crippen LogP contribution in [0.4, 0.5) is 0 Å². The van der Waals surface area contributed by atoms with Gasteiger partial charge in [-0.3, -0.25) is 0 Å². The zero-order valence-electron chi connectivity index (χ0n) is 6.11. The number of aryl methyl sites for hydroxylation is 1. The van der Waals surface area contributed by atoms with E-state index in [0.29, 0.717) is 4.47 Å². The lowest BCUT2D eigenvalue weighted by atomic mass is 10.6. The molecule has 2 aromatic rings. The lowest BCUT2D eigenvalue weighted by Crippen LogP contribution is -1.69. The minimum absolute atomic E-state index is 0.469. The van der Waals surface area contributed by atoms with E-state index in [1.807, 2.05) is 6.92 Å². The van der Waals surface area contributed by atoms with Crippen molar-refractivity contribution in [2.75, 3.05) is 0 Å². The van der Waals surface area contributed by atoms with E-state index < -0.39 is 0 Å². The number of hydrogen-bond donors (Lipinski definition) is 0. The fourth-order valence-electron chi connectivity index (χ4n) is 0.765. The Morgan fingerprint density at radius 2 is 2.17 bits per heavy atom. The molecule has 0 aromatic carbocycles. The highest BCUT2D eigenvalue weighted by atomic mass is 35.5.